The second-order valence-electron chi connectivity index (χ2n) is 1.41. The van der Waals surface area contributed by atoms with Crippen LogP contribution in [0.1, 0.15) is 9.67 Å². The summed E-state index contributed by atoms with van der Waals surface area (Å²) in [6.45, 7) is 0. The number of hydrogen-bond acceptors (Lipinski definition) is 2. The van der Waals surface area contributed by atoms with Gasteiger partial charge in [0, 0.05) is 0 Å². The number of hydrogen-bond donors (Lipinski definition) is 1. The van der Waals surface area contributed by atoms with Crippen molar-refractivity contribution in [3.63, 3.8) is 0 Å². The van der Waals surface area contributed by atoms with Crippen LogP contribution in [-0.4, -0.2) is 5.12 Å². The van der Waals surface area contributed by atoms with Crippen molar-refractivity contribution in [3.8, 4) is 0 Å². The smallest absolute Gasteiger partial charge is 0.226 e. The van der Waals surface area contributed by atoms with E-state index < -0.39 is 0 Å². The molecule has 0 amide bonds. The lowest BCUT2D eigenvalue weighted by Crippen LogP contribution is -1.78. The Morgan fingerprint density at radius 3 is 2.56 bits per heavy atom. The molecule has 0 saturated heterocycles. The molecule has 0 fully saturated rings. The van der Waals surface area contributed by atoms with Crippen LogP contribution in [0.15, 0.2) is 15.9 Å². The fourth-order valence-electron chi connectivity index (χ4n) is 0.429. The van der Waals surface area contributed by atoms with Crippen LogP contribution in [0, 0.1) is 0 Å². The lowest BCUT2D eigenvalue weighted by atomic mass is 10.5. The van der Waals surface area contributed by atoms with E-state index in [1.54, 1.807) is 6.07 Å². The second kappa shape index (κ2) is 2.86. The lowest BCUT2D eigenvalue weighted by molar-refractivity contribution is 0.109. The van der Waals surface area contributed by atoms with Gasteiger partial charge >= 0.3 is 0 Å². The Morgan fingerprint density at radius 1 is 1.67 bits per heavy atom. The van der Waals surface area contributed by atoms with Crippen molar-refractivity contribution in [2.45, 2.75) is 0 Å². The Kier molecular flexibility index (Phi) is 2.32. The summed E-state index contributed by atoms with van der Waals surface area (Å²) >= 11 is 8.27. The predicted octanol–water partition coefficient (Wildman–Crippen LogP) is 2.58. The largest absolute Gasteiger partial charge is 0.281 e. The molecule has 0 aliphatic rings. The van der Waals surface area contributed by atoms with Crippen LogP contribution in [0.2, 0.25) is 0 Å². The van der Waals surface area contributed by atoms with Gasteiger partial charge in [-0.05, 0) is 28.1 Å². The summed E-state index contributed by atoms with van der Waals surface area (Å²) < 4.78 is 0.958. The van der Waals surface area contributed by atoms with Crippen molar-refractivity contribution >= 4 is 45.0 Å². The van der Waals surface area contributed by atoms with Gasteiger partial charge in [-0.15, -0.1) is 11.3 Å². The number of thiol groups is 1. The molecule has 0 N–H and O–H groups in total. The molecule has 0 aliphatic carbocycles. The van der Waals surface area contributed by atoms with E-state index in [0.717, 1.165) is 3.79 Å². The number of halogens is 1. The van der Waals surface area contributed by atoms with Gasteiger partial charge in [0.2, 0.25) is 5.12 Å². The minimum Gasteiger partial charge on any atom is -0.281 e. The maximum absolute atomic E-state index is 10.5. The van der Waals surface area contributed by atoms with E-state index >= 15 is 0 Å². The summed E-state index contributed by atoms with van der Waals surface area (Å²) in [6, 6.07) is 3.57. The molecule has 1 heterocycles. The van der Waals surface area contributed by atoms with Gasteiger partial charge in [0.15, 0.2) is 0 Å². The van der Waals surface area contributed by atoms with Gasteiger partial charge in [-0.25, -0.2) is 0 Å². The van der Waals surface area contributed by atoms with Crippen molar-refractivity contribution in [1.29, 1.82) is 0 Å². The number of carbonyl (C=O) groups is 1. The number of carbonyl (C=O) groups excluding carboxylic acids is 1. The van der Waals surface area contributed by atoms with E-state index in [2.05, 4.69) is 28.6 Å². The zero-order chi connectivity index (χ0) is 6.85. The zero-order valence-corrected chi connectivity index (χ0v) is 7.59. The van der Waals surface area contributed by atoms with Gasteiger partial charge in [-0.1, -0.05) is 12.6 Å². The van der Waals surface area contributed by atoms with E-state index in [-0.39, 0.29) is 5.12 Å². The molecule has 1 nitrogen and oxygen atoms in total. The molecule has 0 unspecified atom stereocenters. The molecule has 9 heavy (non-hydrogen) atoms. The van der Waals surface area contributed by atoms with Crippen LogP contribution in [-0.2, 0) is 0 Å². The summed E-state index contributed by atoms with van der Waals surface area (Å²) in [5.41, 5.74) is 0. The molecule has 0 bridgehead atoms. The van der Waals surface area contributed by atoms with Crippen LogP contribution < -0.4 is 0 Å². The third kappa shape index (κ3) is 1.81. The van der Waals surface area contributed by atoms with Crippen LogP contribution in [0.25, 0.3) is 0 Å². The van der Waals surface area contributed by atoms with Gasteiger partial charge in [-0.3, -0.25) is 4.79 Å². The van der Waals surface area contributed by atoms with E-state index in [1.807, 2.05) is 6.07 Å². The first-order valence-electron chi connectivity index (χ1n) is 2.19. The van der Waals surface area contributed by atoms with Crippen LogP contribution in [0.5, 0.6) is 0 Å². The first kappa shape index (κ1) is 7.31. The minimum atomic E-state index is -0.175. The second-order valence-corrected chi connectivity index (χ2v) is 4.28. The highest BCUT2D eigenvalue weighted by molar-refractivity contribution is 9.11. The third-order valence-electron chi connectivity index (χ3n) is 0.784. The Morgan fingerprint density at radius 2 is 2.33 bits per heavy atom. The summed E-state index contributed by atoms with van der Waals surface area (Å²) in [7, 11) is 0. The first-order chi connectivity index (χ1) is 4.20. The molecule has 1 rings (SSSR count). The monoisotopic (exact) mass is 222 g/mol. The van der Waals surface area contributed by atoms with Gasteiger partial charge < -0.3 is 0 Å². The van der Waals surface area contributed by atoms with Crippen LogP contribution >= 0.6 is 39.9 Å². The quantitative estimate of drug-likeness (QED) is 0.724. The van der Waals surface area contributed by atoms with Crippen LogP contribution in [0.3, 0.4) is 0 Å². The van der Waals surface area contributed by atoms with Crippen molar-refractivity contribution in [2.24, 2.45) is 0 Å². The highest BCUT2D eigenvalue weighted by Crippen LogP contribution is 2.22. The fraction of sp³-hybridized carbons (Fsp3) is 0. The molecule has 0 radical (unpaired) electrons. The molecule has 4 heteroatoms. The van der Waals surface area contributed by atoms with Gasteiger partial charge in [-0.2, -0.15) is 0 Å². The van der Waals surface area contributed by atoms with Crippen molar-refractivity contribution < 1.29 is 4.79 Å². The maximum Gasteiger partial charge on any atom is 0.226 e. The molecule has 0 saturated carbocycles. The molecule has 0 atom stereocenters. The minimum absolute atomic E-state index is 0.175. The third-order valence-corrected chi connectivity index (χ3v) is 2.80. The molecular formula is C5H3BrOS2. The predicted molar refractivity (Wildman–Crippen MR) is 45.3 cm³/mol. The van der Waals surface area contributed by atoms with Crippen molar-refractivity contribution in [1.82, 2.24) is 0 Å². The molecule has 0 aliphatic heterocycles. The summed E-state index contributed by atoms with van der Waals surface area (Å²) in [6.07, 6.45) is 0. The molecular weight excluding hydrogens is 220 g/mol. The van der Waals surface area contributed by atoms with E-state index in [9.17, 15) is 4.79 Å². The molecule has 1 aromatic heterocycles. The van der Waals surface area contributed by atoms with Gasteiger partial charge in [0.1, 0.15) is 0 Å². The standard InChI is InChI=1S/C5H3BrOS2/c6-4-2-1-3(9-4)5(7)8/h1-2H,(H,7,8). The van der Waals surface area contributed by atoms with Crippen molar-refractivity contribution in [3.05, 3.63) is 20.8 Å². The maximum atomic E-state index is 10.5. The molecule has 1 aromatic rings. The average molecular weight is 223 g/mol. The van der Waals surface area contributed by atoms with E-state index in [0.29, 0.717) is 4.88 Å². The summed E-state index contributed by atoms with van der Waals surface area (Å²) in [5, 5.41) is -0.175. The first-order valence-corrected chi connectivity index (χ1v) is 4.24. The summed E-state index contributed by atoms with van der Waals surface area (Å²) in [5.74, 6) is 0. The average Bonchev–Trinajstić information content (AvgIpc) is 2.14. The lowest BCUT2D eigenvalue weighted by Gasteiger charge is -1.79. The molecule has 0 spiro atoms. The fourth-order valence-corrected chi connectivity index (χ4v) is 1.87. The summed E-state index contributed by atoms with van der Waals surface area (Å²) in [4.78, 5) is 11.2. The zero-order valence-electron chi connectivity index (χ0n) is 4.30. The van der Waals surface area contributed by atoms with Gasteiger partial charge in [0.25, 0.3) is 0 Å². The molecule has 0 aromatic carbocycles. The highest BCUT2D eigenvalue weighted by Gasteiger charge is 2.01. The Balaban J connectivity index is 2.98. The topological polar surface area (TPSA) is 17.1 Å². The SMILES string of the molecule is O=C(S)c1ccc(Br)s1. The highest BCUT2D eigenvalue weighted by atomic mass is 79.9. The van der Waals surface area contributed by atoms with E-state index in [4.69, 9.17) is 0 Å². The number of rotatable bonds is 1. The molecule has 48 valence electrons. The number of thiophene rings is 1. The normalized spacial score (nSPS) is 9.56. The van der Waals surface area contributed by atoms with Crippen molar-refractivity contribution in [2.75, 3.05) is 0 Å². The Hall–Kier alpha value is 0.200. The van der Waals surface area contributed by atoms with E-state index in [1.165, 1.54) is 11.3 Å². The Bertz CT molecular complexity index is 231. The van der Waals surface area contributed by atoms with Crippen LogP contribution in [0.4, 0.5) is 0 Å². The van der Waals surface area contributed by atoms with Gasteiger partial charge in [0.05, 0.1) is 8.66 Å². The Labute approximate surface area is 70.6 Å².